The Hall–Kier alpha value is -1.51. The number of sulfonamides is 1. The maximum atomic E-state index is 13.8. The van der Waals surface area contributed by atoms with Crippen LogP contribution >= 0.6 is 0 Å². The Morgan fingerprint density at radius 2 is 2.10 bits per heavy atom. The lowest BCUT2D eigenvalue weighted by Gasteiger charge is -2.11. The van der Waals surface area contributed by atoms with E-state index in [-0.39, 0.29) is 18.1 Å². The fourth-order valence-electron chi connectivity index (χ4n) is 1.43. The van der Waals surface area contributed by atoms with Gasteiger partial charge < -0.3 is 10.4 Å². The molecule has 0 saturated carbocycles. The van der Waals surface area contributed by atoms with Crippen molar-refractivity contribution in [1.29, 1.82) is 0 Å². The highest BCUT2D eigenvalue weighted by Crippen LogP contribution is 2.18. The van der Waals surface area contributed by atoms with Crippen molar-refractivity contribution in [2.75, 3.05) is 11.9 Å². The molecule has 1 unspecified atom stereocenters. The third kappa shape index (κ3) is 4.55. The van der Waals surface area contributed by atoms with E-state index in [0.717, 1.165) is 12.1 Å². The maximum Gasteiger partial charge on any atom is 0.243 e. The fourth-order valence-corrected chi connectivity index (χ4v) is 2.56. The van der Waals surface area contributed by atoms with Gasteiger partial charge in [0.15, 0.2) is 0 Å². The molecule has 3 N–H and O–H groups in total. The van der Waals surface area contributed by atoms with Gasteiger partial charge in [-0.15, -0.1) is 0 Å². The Morgan fingerprint density at radius 3 is 2.60 bits per heavy atom. The van der Waals surface area contributed by atoms with Crippen molar-refractivity contribution >= 4 is 21.6 Å². The average Bonchev–Trinajstić information content (AvgIpc) is 2.35. The number of aliphatic hydroxyl groups is 1. The van der Waals surface area contributed by atoms with Crippen molar-refractivity contribution in [1.82, 2.24) is 4.72 Å². The Morgan fingerprint density at radius 1 is 1.45 bits per heavy atom. The molecule has 0 radical (unpaired) electrons. The van der Waals surface area contributed by atoms with Gasteiger partial charge in [0.1, 0.15) is 10.7 Å². The van der Waals surface area contributed by atoms with E-state index in [1.54, 1.807) is 6.92 Å². The number of anilines is 1. The average molecular weight is 304 g/mol. The van der Waals surface area contributed by atoms with E-state index >= 15 is 0 Å². The smallest absolute Gasteiger partial charge is 0.243 e. The standard InChI is InChI=1S/C12H17FN2O4S/c1-3-10(17)7-14-20(18,19)12-5-4-9(6-11(12)13)15-8(2)16/h4-6,10,14,17H,3,7H2,1-2H3,(H,15,16). The molecule has 1 atom stereocenters. The zero-order valence-corrected chi connectivity index (χ0v) is 12.0. The first-order valence-corrected chi connectivity index (χ1v) is 7.49. The minimum absolute atomic E-state index is 0.169. The Balaban J connectivity index is 2.93. The lowest BCUT2D eigenvalue weighted by molar-refractivity contribution is -0.114. The number of hydrogen-bond donors (Lipinski definition) is 3. The Bertz CT molecular complexity index is 589. The lowest BCUT2D eigenvalue weighted by atomic mass is 10.3. The molecule has 0 heterocycles. The summed E-state index contributed by atoms with van der Waals surface area (Å²) in [6, 6.07) is 3.27. The van der Waals surface area contributed by atoms with Crippen molar-refractivity contribution in [2.24, 2.45) is 0 Å². The van der Waals surface area contributed by atoms with Gasteiger partial charge in [-0.3, -0.25) is 4.79 Å². The molecule has 0 aliphatic rings. The summed E-state index contributed by atoms with van der Waals surface area (Å²) in [6.45, 7) is 2.77. The second-order valence-electron chi connectivity index (χ2n) is 4.24. The summed E-state index contributed by atoms with van der Waals surface area (Å²) in [5.74, 6) is -1.36. The summed E-state index contributed by atoms with van der Waals surface area (Å²) >= 11 is 0. The number of nitrogens with one attached hydrogen (secondary N) is 2. The van der Waals surface area contributed by atoms with Gasteiger partial charge in [-0.05, 0) is 24.6 Å². The third-order valence-corrected chi connectivity index (χ3v) is 3.98. The lowest BCUT2D eigenvalue weighted by Crippen LogP contribution is -2.32. The van der Waals surface area contributed by atoms with Crippen LogP contribution in [0.25, 0.3) is 0 Å². The number of carbonyl (C=O) groups is 1. The number of benzene rings is 1. The summed E-state index contributed by atoms with van der Waals surface area (Å²) < 4.78 is 39.6. The van der Waals surface area contributed by atoms with Gasteiger partial charge in [0.2, 0.25) is 15.9 Å². The quantitative estimate of drug-likeness (QED) is 0.725. The van der Waals surface area contributed by atoms with Gasteiger partial charge in [-0.25, -0.2) is 17.5 Å². The molecule has 112 valence electrons. The molecule has 1 aromatic rings. The van der Waals surface area contributed by atoms with Crippen molar-refractivity contribution in [3.05, 3.63) is 24.0 Å². The van der Waals surface area contributed by atoms with Crippen molar-refractivity contribution < 1.29 is 22.7 Å². The van der Waals surface area contributed by atoms with E-state index in [4.69, 9.17) is 0 Å². The molecule has 0 spiro atoms. The topological polar surface area (TPSA) is 95.5 Å². The minimum Gasteiger partial charge on any atom is -0.392 e. The summed E-state index contributed by atoms with van der Waals surface area (Å²) in [6.07, 6.45) is -0.446. The van der Waals surface area contributed by atoms with Crippen LogP contribution < -0.4 is 10.0 Å². The third-order valence-electron chi connectivity index (χ3n) is 2.52. The van der Waals surface area contributed by atoms with Crippen LogP contribution in [0, 0.1) is 5.82 Å². The predicted molar refractivity (Wildman–Crippen MR) is 72.2 cm³/mol. The monoisotopic (exact) mass is 304 g/mol. The first-order valence-electron chi connectivity index (χ1n) is 6.01. The van der Waals surface area contributed by atoms with E-state index in [1.807, 2.05) is 0 Å². The number of aliphatic hydroxyl groups excluding tert-OH is 1. The molecule has 1 amide bonds. The molecule has 6 nitrogen and oxygen atoms in total. The highest BCUT2D eigenvalue weighted by molar-refractivity contribution is 7.89. The van der Waals surface area contributed by atoms with Crippen LogP contribution in [0.5, 0.6) is 0 Å². The number of amides is 1. The molecule has 0 aromatic heterocycles. The van der Waals surface area contributed by atoms with Gasteiger partial charge in [0, 0.05) is 19.2 Å². The minimum atomic E-state index is -4.04. The van der Waals surface area contributed by atoms with E-state index in [9.17, 15) is 22.7 Å². The summed E-state index contributed by atoms with van der Waals surface area (Å²) in [7, 11) is -4.04. The molecule has 8 heteroatoms. The van der Waals surface area contributed by atoms with Crippen LogP contribution in [0.1, 0.15) is 20.3 Å². The van der Waals surface area contributed by atoms with Gasteiger partial charge in [0.05, 0.1) is 6.10 Å². The molecule has 0 bridgehead atoms. The molecule has 1 aromatic carbocycles. The molecule has 1 rings (SSSR count). The molecular weight excluding hydrogens is 287 g/mol. The van der Waals surface area contributed by atoms with Crippen LogP contribution in [0.4, 0.5) is 10.1 Å². The number of halogens is 1. The summed E-state index contributed by atoms with van der Waals surface area (Å²) in [5.41, 5.74) is 0.169. The van der Waals surface area contributed by atoms with Gasteiger partial charge >= 0.3 is 0 Å². The Kier molecular flexibility index (Phi) is 5.61. The fraction of sp³-hybridized carbons (Fsp3) is 0.417. The predicted octanol–water partition coefficient (Wildman–Crippen LogP) is 0.833. The van der Waals surface area contributed by atoms with Crippen molar-refractivity contribution in [3.8, 4) is 0 Å². The zero-order valence-electron chi connectivity index (χ0n) is 11.2. The first kappa shape index (κ1) is 16.5. The van der Waals surface area contributed by atoms with E-state index in [2.05, 4.69) is 10.0 Å². The first-order chi connectivity index (χ1) is 9.26. The largest absolute Gasteiger partial charge is 0.392 e. The van der Waals surface area contributed by atoms with Crippen LogP contribution in [0.15, 0.2) is 23.1 Å². The number of carbonyl (C=O) groups excluding carboxylic acids is 1. The molecule has 0 aliphatic carbocycles. The van der Waals surface area contributed by atoms with E-state index in [0.29, 0.717) is 6.42 Å². The van der Waals surface area contributed by atoms with Crippen molar-refractivity contribution in [3.63, 3.8) is 0 Å². The number of rotatable bonds is 6. The van der Waals surface area contributed by atoms with Crippen molar-refractivity contribution in [2.45, 2.75) is 31.3 Å². The van der Waals surface area contributed by atoms with Crippen LogP contribution in [-0.4, -0.2) is 32.1 Å². The van der Waals surface area contributed by atoms with Crippen LogP contribution in [0.2, 0.25) is 0 Å². The summed E-state index contributed by atoms with van der Waals surface area (Å²) in [4.78, 5) is 10.3. The molecular formula is C12H17FN2O4S. The molecule has 0 aliphatic heterocycles. The van der Waals surface area contributed by atoms with Gasteiger partial charge in [-0.1, -0.05) is 6.92 Å². The zero-order chi connectivity index (χ0) is 15.3. The maximum absolute atomic E-state index is 13.8. The van der Waals surface area contributed by atoms with Crippen LogP contribution in [0.3, 0.4) is 0 Å². The van der Waals surface area contributed by atoms with E-state index in [1.165, 1.54) is 13.0 Å². The highest BCUT2D eigenvalue weighted by Gasteiger charge is 2.20. The number of hydrogen-bond acceptors (Lipinski definition) is 4. The normalized spacial score (nSPS) is 13.0. The second-order valence-corrected chi connectivity index (χ2v) is 5.98. The van der Waals surface area contributed by atoms with Crippen LogP contribution in [-0.2, 0) is 14.8 Å². The SMILES string of the molecule is CCC(O)CNS(=O)(=O)c1ccc(NC(C)=O)cc1F. The highest BCUT2D eigenvalue weighted by atomic mass is 32.2. The summed E-state index contributed by atoms with van der Waals surface area (Å²) in [5, 5.41) is 11.7. The molecule has 0 saturated heterocycles. The Labute approximate surface area is 117 Å². The van der Waals surface area contributed by atoms with Gasteiger partial charge in [-0.2, -0.15) is 0 Å². The second kappa shape index (κ2) is 6.78. The molecule has 20 heavy (non-hydrogen) atoms. The van der Waals surface area contributed by atoms with E-state index < -0.39 is 26.8 Å². The molecule has 0 fully saturated rings. The van der Waals surface area contributed by atoms with Gasteiger partial charge in [0.25, 0.3) is 0 Å².